The second kappa shape index (κ2) is 8.13. The van der Waals surface area contributed by atoms with Crippen molar-refractivity contribution in [3.05, 3.63) is 0 Å². The summed E-state index contributed by atoms with van der Waals surface area (Å²) >= 11 is 0. The van der Waals surface area contributed by atoms with E-state index in [9.17, 15) is 0 Å². The molecule has 0 aromatic rings. The van der Waals surface area contributed by atoms with E-state index in [-0.39, 0.29) is 0 Å². The van der Waals surface area contributed by atoms with E-state index in [1.165, 1.54) is 51.5 Å². The topological polar surface area (TPSA) is 24.5 Å². The van der Waals surface area contributed by atoms with Gasteiger partial charge in [-0.3, -0.25) is 0 Å². The summed E-state index contributed by atoms with van der Waals surface area (Å²) in [6.07, 6.45) is 9.70. The monoisotopic (exact) mass is 254 g/mol. The van der Waals surface area contributed by atoms with E-state index in [4.69, 9.17) is 4.74 Å². The van der Waals surface area contributed by atoms with Gasteiger partial charge in [-0.05, 0) is 51.7 Å². The number of ether oxygens (including phenoxy) is 1. The number of rotatable bonds is 7. The fourth-order valence-corrected chi connectivity index (χ4v) is 3.21. The minimum Gasteiger partial charge on any atom is -0.381 e. The highest BCUT2D eigenvalue weighted by Gasteiger charge is 2.17. The largest absolute Gasteiger partial charge is 0.381 e. The van der Waals surface area contributed by atoms with Crippen molar-refractivity contribution in [3.63, 3.8) is 0 Å². The molecule has 2 fully saturated rings. The van der Waals surface area contributed by atoms with Gasteiger partial charge in [0.2, 0.25) is 0 Å². The Hall–Kier alpha value is -0.120. The zero-order chi connectivity index (χ0) is 12.6. The van der Waals surface area contributed by atoms with Crippen LogP contribution in [0.1, 0.15) is 44.9 Å². The van der Waals surface area contributed by atoms with Gasteiger partial charge in [-0.1, -0.05) is 19.3 Å². The second-order valence-electron chi connectivity index (χ2n) is 6.06. The Kier molecular flexibility index (Phi) is 6.46. The van der Waals surface area contributed by atoms with E-state index in [1.54, 1.807) is 0 Å². The van der Waals surface area contributed by atoms with Crippen LogP contribution in [0.4, 0.5) is 0 Å². The standard InChI is InChI=1S/C15H30N2O/c1-17(15-6-3-2-4-7-15)10-5-9-16-12-14-8-11-18-13-14/h14-16H,2-13H2,1H3. The summed E-state index contributed by atoms with van der Waals surface area (Å²) in [6.45, 7) is 5.49. The van der Waals surface area contributed by atoms with Crippen LogP contribution in [0.3, 0.4) is 0 Å². The molecule has 0 spiro atoms. The van der Waals surface area contributed by atoms with Gasteiger partial charge in [0, 0.05) is 19.2 Å². The average molecular weight is 254 g/mol. The Morgan fingerprint density at radius 2 is 2.00 bits per heavy atom. The zero-order valence-electron chi connectivity index (χ0n) is 12.0. The van der Waals surface area contributed by atoms with E-state index in [1.807, 2.05) is 0 Å². The Morgan fingerprint density at radius 1 is 1.17 bits per heavy atom. The smallest absolute Gasteiger partial charge is 0.0507 e. The first-order chi connectivity index (χ1) is 8.86. The normalized spacial score (nSPS) is 26.0. The van der Waals surface area contributed by atoms with Crippen molar-refractivity contribution in [1.29, 1.82) is 0 Å². The maximum absolute atomic E-state index is 5.38. The van der Waals surface area contributed by atoms with Crippen LogP contribution in [0.15, 0.2) is 0 Å². The van der Waals surface area contributed by atoms with Crippen LogP contribution in [0.5, 0.6) is 0 Å². The molecule has 3 nitrogen and oxygen atoms in total. The molecule has 1 heterocycles. The molecule has 0 radical (unpaired) electrons. The molecule has 1 saturated carbocycles. The van der Waals surface area contributed by atoms with E-state index in [0.29, 0.717) is 0 Å². The quantitative estimate of drug-likeness (QED) is 0.705. The fraction of sp³-hybridized carbons (Fsp3) is 1.00. The van der Waals surface area contributed by atoms with Crippen LogP contribution in [-0.2, 0) is 4.74 Å². The molecule has 0 bridgehead atoms. The third-order valence-electron chi connectivity index (χ3n) is 4.52. The van der Waals surface area contributed by atoms with Crippen LogP contribution in [0.2, 0.25) is 0 Å². The van der Waals surface area contributed by atoms with E-state index < -0.39 is 0 Å². The maximum Gasteiger partial charge on any atom is 0.0507 e. The summed E-state index contributed by atoms with van der Waals surface area (Å²) in [5, 5.41) is 3.58. The van der Waals surface area contributed by atoms with Crippen molar-refractivity contribution in [2.75, 3.05) is 39.9 Å². The van der Waals surface area contributed by atoms with Crippen LogP contribution in [-0.4, -0.2) is 50.8 Å². The molecule has 0 aromatic heterocycles. The molecular formula is C15H30N2O. The third kappa shape index (κ3) is 4.87. The maximum atomic E-state index is 5.38. The lowest BCUT2D eigenvalue weighted by molar-refractivity contribution is 0.183. The van der Waals surface area contributed by atoms with Crippen LogP contribution < -0.4 is 5.32 Å². The van der Waals surface area contributed by atoms with E-state index >= 15 is 0 Å². The number of hydrogen-bond donors (Lipinski definition) is 1. The molecule has 0 aromatic carbocycles. The van der Waals surface area contributed by atoms with Crippen molar-refractivity contribution >= 4 is 0 Å². The fourth-order valence-electron chi connectivity index (χ4n) is 3.21. The van der Waals surface area contributed by atoms with Crippen molar-refractivity contribution in [2.45, 2.75) is 51.0 Å². The zero-order valence-corrected chi connectivity index (χ0v) is 12.0. The summed E-state index contributed by atoms with van der Waals surface area (Å²) in [5.74, 6) is 0.765. The van der Waals surface area contributed by atoms with Crippen molar-refractivity contribution in [3.8, 4) is 0 Å². The molecule has 1 aliphatic carbocycles. The lowest BCUT2D eigenvalue weighted by Crippen LogP contribution is -2.35. The Labute approximate surface area is 112 Å². The molecule has 106 valence electrons. The first kappa shape index (κ1) is 14.3. The summed E-state index contributed by atoms with van der Waals surface area (Å²) in [5.41, 5.74) is 0. The first-order valence-corrected chi connectivity index (χ1v) is 7.85. The molecule has 0 amide bonds. The average Bonchev–Trinajstić information content (AvgIpc) is 2.92. The minimum absolute atomic E-state index is 0.765. The second-order valence-corrected chi connectivity index (χ2v) is 6.06. The lowest BCUT2D eigenvalue weighted by atomic mass is 9.94. The molecule has 1 N–H and O–H groups in total. The van der Waals surface area contributed by atoms with Gasteiger partial charge >= 0.3 is 0 Å². The summed E-state index contributed by atoms with van der Waals surface area (Å²) < 4.78 is 5.38. The Morgan fingerprint density at radius 3 is 2.72 bits per heavy atom. The molecule has 2 rings (SSSR count). The van der Waals surface area contributed by atoms with Crippen molar-refractivity contribution in [1.82, 2.24) is 10.2 Å². The highest BCUT2D eigenvalue weighted by Crippen LogP contribution is 2.21. The molecule has 1 aliphatic heterocycles. The Bertz CT molecular complexity index is 211. The SMILES string of the molecule is CN(CCCNCC1CCOC1)C1CCCCC1. The molecule has 2 aliphatic rings. The summed E-state index contributed by atoms with van der Waals surface area (Å²) in [7, 11) is 2.31. The first-order valence-electron chi connectivity index (χ1n) is 7.85. The highest BCUT2D eigenvalue weighted by molar-refractivity contribution is 4.73. The van der Waals surface area contributed by atoms with Gasteiger partial charge in [0.1, 0.15) is 0 Å². The molecule has 1 atom stereocenters. The number of nitrogens with one attached hydrogen (secondary N) is 1. The predicted octanol–water partition coefficient (Wildman–Crippen LogP) is 2.27. The van der Waals surface area contributed by atoms with Crippen molar-refractivity contribution < 1.29 is 4.74 Å². The molecule has 1 unspecified atom stereocenters. The van der Waals surface area contributed by atoms with E-state index in [0.717, 1.165) is 38.3 Å². The highest BCUT2D eigenvalue weighted by atomic mass is 16.5. The Balaban J connectivity index is 1.46. The van der Waals surface area contributed by atoms with Crippen LogP contribution in [0, 0.1) is 5.92 Å². The predicted molar refractivity (Wildman–Crippen MR) is 75.9 cm³/mol. The summed E-state index contributed by atoms with van der Waals surface area (Å²) in [4.78, 5) is 2.58. The van der Waals surface area contributed by atoms with Gasteiger partial charge in [-0.2, -0.15) is 0 Å². The van der Waals surface area contributed by atoms with Gasteiger partial charge in [0.05, 0.1) is 6.61 Å². The van der Waals surface area contributed by atoms with Crippen LogP contribution in [0.25, 0.3) is 0 Å². The third-order valence-corrected chi connectivity index (χ3v) is 4.52. The molecule has 18 heavy (non-hydrogen) atoms. The molecule has 1 saturated heterocycles. The van der Waals surface area contributed by atoms with Gasteiger partial charge in [-0.15, -0.1) is 0 Å². The molecule has 3 heteroatoms. The summed E-state index contributed by atoms with van der Waals surface area (Å²) in [6, 6.07) is 0.863. The molecular weight excluding hydrogens is 224 g/mol. The lowest BCUT2D eigenvalue weighted by Gasteiger charge is -2.31. The van der Waals surface area contributed by atoms with Gasteiger partial charge in [-0.25, -0.2) is 0 Å². The van der Waals surface area contributed by atoms with Gasteiger partial charge in [0.15, 0.2) is 0 Å². The van der Waals surface area contributed by atoms with Gasteiger partial charge in [0.25, 0.3) is 0 Å². The van der Waals surface area contributed by atoms with Crippen LogP contribution >= 0.6 is 0 Å². The minimum atomic E-state index is 0.765. The van der Waals surface area contributed by atoms with Crippen molar-refractivity contribution in [2.24, 2.45) is 5.92 Å². The van der Waals surface area contributed by atoms with Gasteiger partial charge < -0.3 is 15.0 Å². The number of hydrogen-bond acceptors (Lipinski definition) is 3. The van der Waals surface area contributed by atoms with E-state index in [2.05, 4.69) is 17.3 Å². The number of nitrogens with zero attached hydrogens (tertiary/aromatic N) is 1.